The van der Waals surface area contributed by atoms with E-state index in [0.717, 1.165) is 17.1 Å². The summed E-state index contributed by atoms with van der Waals surface area (Å²) in [7, 11) is 0. The molecule has 0 aliphatic carbocycles. The Kier molecular flexibility index (Phi) is 3.60. The van der Waals surface area contributed by atoms with Crippen LogP contribution in [0.5, 0.6) is 0 Å². The van der Waals surface area contributed by atoms with E-state index in [-0.39, 0.29) is 0 Å². The maximum Gasteiger partial charge on any atom is 0.130 e. The van der Waals surface area contributed by atoms with Crippen molar-refractivity contribution in [1.82, 2.24) is 9.97 Å². The van der Waals surface area contributed by atoms with E-state index in [9.17, 15) is 0 Å². The molecule has 0 bridgehead atoms. The highest BCUT2D eigenvalue weighted by Gasteiger charge is 2.05. The lowest BCUT2D eigenvalue weighted by Crippen LogP contribution is -1.99. The van der Waals surface area contributed by atoms with Gasteiger partial charge < -0.3 is 4.98 Å². The number of aromatic amines is 1. The van der Waals surface area contributed by atoms with E-state index in [4.69, 9.17) is 23.8 Å². The third-order valence-electron chi connectivity index (χ3n) is 2.44. The number of nitrogens with one attached hydrogen (secondary N) is 1. The Bertz CT molecular complexity index is 590. The number of nitrogens with zero attached hydrogens (tertiary/aromatic N) is 1. The average molecular weight is 265 g/mol. The molecule has 0 unspecified atom stereocenters. The van der Waals surface area contributed by atoms with Gasteiger partial charge in [-0.25, -0.2) is 4.98 Å². The first kappa shape index (κ1) is 12.3. The monoisotopic (exact) mass is 264 g/mol. The normalized spacial score (nSPS) is 10.8. The van der Waals surface area contributed by atoms with Gasteiger partial charge in [0.05, 0.1) is 0 Å². The molecule has 1 aromatic carbocycles. The fourth-order valence-electron chi connectivity index (χ4n) is 1.56. The number of halogens is 1. The fraction of sp³-hybridized carbons (Fsp3) is 0.231. The third kappa shape index (κ3) is 2.93. The molecule has 0 radical (unpaired) electrons. The molecule has 0 fully saturated rings. The Hall–Kier alpha value is -1.19. The molecular formula is C13H13ClN2S. The van der Waals surface area contributed by atoms with Gasteiger partial charge in [-0.05, 0) is 23.8 Å². The molecule has 2 aromatic rings. The first-order valence-corrected chi connectivity index (χ1v) is 6.22. The average Bonchev–Trinajstić information content (AvgIpc) is 2.28. The fourth-order valence-corrected chi connectivity index (χ4v) is 1.97. The molecule has 1 N–H and O–H groups in total. The first-order chi connectivity index (χ1) is 8.06. The van der Waals surface area contributed by atoms with Crippen molar-refractivity contribution in [2.45, 2.75) is 19.8 Å². The second-order valence-corrected chi connectivity index (χ2v) is 5.04. The van der Waals surface area contributed by atoms with Crippen LogP contribution >= 0.6 is 23.8 Å². The largest absolute Gasteiger partial charge is 0.343 e. The molecule has 2 rings (SSSR count). The van der Waals surface area contributed by atoms with Crippen molar-refractivity contribution in [2.24, 2.45) is 0 Å². The molecule has 1 aromatic heterocycles. The molecule has 0 aliphatic heterocycles. The number of H-pyrrole nitrogens is 1. The van der Waals surface area contributed by atoms with Gasteiger partial charge in [0.15, 0.2) is 0 Å². The Morgan fingerprint density at radius 1 is 1.29 bits per heavy atom. The van der Waals surface area contributed by atoms with Crippen molar-refractivity contribution >= 4 is 23.8 Å². The molecule has 17 heavy (non-hydrogen) atoms. The lowest BCUT2D eigenvalue weighted by atomic mass is 10.1. The highest BCUT2D eigenvalue weighted by atomic mass is 35.5. The van der Waals surface area contributed by atoms with Crippen LogP contribution in [0.4, 0.5) is 0 Å². The van der Waals surface area contributed by atoms with Crippen molar-refractivity contribution in [3.63, 3.8) is 0 Å². The molecule has 2 nitrogen and oxygen atoms in total. The van der Waals surface area contributed by atoms with E-state index in [0.29, 0.717) is 15.6 Å². The van der Waals surface area contributed by atoms with Crippen molar-refractivity contribution in [3.8, 4) is 11.3 Å². The van der Waals surface area contributed by atoms with Gasteiger partial charge >= 0.3 is 0 Å². The van der Waals surface area contributed by atoms with Gasteiger partial charge in [0.2, 0.25) is 0 Å². The maximum atomic E-state index is 5.98. The minimum absolute atomic E-state index is 0.316. The zero-order valence-electron chi connectivity index (χ0n) is 9.70. The topological polar surface area (TPSA) is 28.7 Å². The van der Waals surface area contributed by atoms with Crippen LogP contribution in [-0.4, -0.2) is 9.97 Å². The quantitative estimate of drug-likeness (QED) is 0.804. The van der Waals surface area contributed by atoms with E-state index in [2.05, 4.69) is 23.8 Å². The van der Waals surface area contributed by atoms with E-state index >= 15 is 0 Å². The summed E-state index contributed by atoms with van der Waals surface area (Å²) in [6.45, 7) is 4.16. The van der Waals surface area contributed by atoms with Gasteiger partial charge in [-0.3, -0.25) is 0 Å². The molecule has 0 atom stereocenters. The predicted molar refractivity (Wildman–Crippen MR) is 74.0 cm³/mol. The first-order valence-electron chi connectivity index (χ1n) is 5.43. The van der Waals surface area contributed by atoms with Gasteiger partial charge in [0.25, 0.3) is 0 Å². The Balaban J connectivity index is 2.56. The molecule has 0 saturated heterocycles. The van der Waals surface area contributed by atoms with Gasteiger partial charge in [-0.1, -0.05) is 49.8 Å². The predicted octanol–water partition coefficient (Wildman–Crippen LogP) is 4.58. The lowest BCUT2D eigenvalue weighted by molar-refractivity contribution is 0.773. The van der Waals surface area contributed by atoms with E-state index in [1.807, 2.05) is 30.3 Å². The molecule has 1 heterocycles. The summed E-state index contributed by atoms with van der Waals surface area (Å²) in [5, 5.41) is 0.713. The number of rotatable bonds is 2. The molecule has 0 amide bonds. The molecule has 0 saturated carbocycles. The van der Waals surface area contributed by atoms with Crippen molar-refractivity contribution in [1.29, 1.82) is 0 Å². The molecule has 0 spiro atoms. The van der Waals surface area contributed by atoms with Crippen LogP contribution in [-0.2, 0) is 0 Å². The van der Waals surface area contributed by atoms with Gasteiger partial charge in [0.1, 0.15) is 10.5 Å². The van der Waals surface area contributed by atoms with Crippen LogP contribution in [0.25, 0.3) is 11.3 Å². The minimum Gasteiger partial charge on any atom is -0.343 e. The van der Waals surface area contributed by atoms with Crippen LogP contribution in [0.15, 0.2) is 30.3 Å². The number of benzene rings is 1. The van der Waals surface area contributed by atoms with Gasteiger partial charge in [-0.2, -0.15) is 0 Å². The zero-order chi connectivity index (χ0) is 12.4. The summed E-state index contributed by atoms with van der Waals surface area (Å²) in [6.07, 6.45) is 0. The standard InChI is InChI=1S/C13H13ClN2S/c1-8(2)13-15-11(7-12(17)16-13)9-4-3-5-10(14)6-9/h3-8H,1-2H3,(H,15,16,17). The van der Waals surface area contributed by atoms with Crippen molar-refractivity contribution in [2.75, 3.05) is 0 Å². The van der Waals surface area contributed by atoms with Crippen LogP contribution in [0.1, 0.15) is 25.6 Å². The second-order valence-electron chi connectivity index (χ2n) is 4.18. The maximum absolute atomic E-state index is 5.98. The van der Waals surface area contributed by atoms with Crippen LogP contribution < -0.4 is 0 Å². The number of hydrogen-bond donors (Lipinski definition) is 1. The number of hydrogen-bond acceptors (Lipinski definition) is 2. The zero-order valence-corrected chi connectivity index (χ0v) is 11.3. The minimum atomic E-state index is 0.316. The van der Waals surface area contributed by atoms with E-state index < -0.39 is 0 Å². The van der Waals surface area contributed by atoms with Gasteiger partial charge in [-0.15, -0.1) is 0 Å². The Morgan fingerprint density at radius 2 is 2.06 bits per heavy atom. The summed E-state index contributed by atoms with van der Waals surface area (Å²) in [4.78, 5) is 7.60. The van der Waals surface area contributed by atoms with Crippen LogP contribution in [0, 0.1) is 4.64 Å². The number of aromatic nitrogens is 2. The summed E-state index contributed by atoms with van der Waals surface area (Å²) in [5.41, 5.74) is 1.98. The SMILES string of the molecule is CC(C)c1nc(=S)cc(-c2cccc(Cl)c2)[nH]1. The second kappa shape index (κ2) is 4.98. The summed E-state index contributed by atoms with van der Waals surface area (Å²) in [6, 6.07) is 9.53. The molecular weight excluding hydrogens is 252 g/mol. The Labute approximate surface area is 111 Å². The highest BCUT2D eigenvalue weighted by molar-refractivity contribution is 7.71. The summed E-state index contributed by atoms with van der Waals surface area (Å²) >= 11 is 11.2. The van der Waals surface area contributed by atoms with E-state index in [1.165, 1.54) is 0 Å². The van der Waals surface area contributed by atoms with Gasteiger partial charge in [0, 0.05) is 16.6 Å². The molecule has 0 aliphatic rings. The summed E-state index contributed by atoms with van der Waals surface area (Å²) in [5.74, 6) is 1.21. The molecule has 88 valence electrons. The smallest absolute Gasteiger partial charge is 0.130 e. The lowest BCUT2D eigenvalue weighted by Gasteiger charge is -2.08. The highest BCUT2D eigenvalue weighted by Crippen LogP contribution is 2.22. The van der Waals surface area contributed by atoms with Crippen LogP contribution in [0.3, 0.4) is 0 Å². The van der Waals surface area contributed by atoms with Crippen molar-refractivity contribution < 1.29 is 0 Å². The third-order valence-corrected chi connectivity index (χ3v) is 2.89. The summed E-state index contributed by atoms with van der Waals surface area (Å²) < 4.78 is 0.599. The van der Waals surface area contributed by atoms with E-state index in [1.54, 1.807) is 0 Å². The Morgan fingerprint density at radius 3 is 2.71 bits per heavy atom. The van der Waals surface area contributed by atoms with Crippen LogP contribution in [0.2, 0.25) is 5.02 Å². The molecule has 4 heteroatoms. The van der Waals surface area contributed by atoms with Crippen molar-refractivity contribution in [3.05, 3.63) is 45.8 Å².